The normalized spacial score (nSPS) is 23.6. The number of rotatable bonds is 3. The van der Waals surface area contributed by atoms with Crippen molar-refractivity contribution >= 4 is 11.8 Å². The summed E-state index contributed by atoms with van der Waals surface area (Å²) in [6.45, 7) is 2.44. The third-order valence-electron chi connectivity index (χ3n) is 3.95. The van der Waals surface area contributed by atoms with Crippen LogP contribution in [0.5, 0.6) is 0 Å². The molecule has 1 saturated heterocycles. The molecule has 1 unspecified atom stereocenters. The lowest BCUT2D eigenvalue weighted by Gasteiger charge is -2.22. The number of aryl methyl sites for hydroxylation is 2. The van der Waals surface area contributed by atoms with Crippen LogP contribution in [-0.2, 0) is 12.8 Å². The van der Waals surface area contributed by atoms with Crippen LogP contribution in [0, 0.1) is 5.92 Å². The second-order valence-corrected chi connectivity index (χ2v) is 6.40. The topological polar surface area (TPSA) is 12.0 Å². The Hall–Kier alpha value is -0.470. The van der Waals surface area contributed by atoms with Crippen LogP contribution in [0.25, 0.3) is 0 Å². The van der Waals surface area contributed by atoms with E-state index in [4.69, 9.17) is 0 Å². The van der Waals surface area contributed by atoms with Crippen LogP contribution < -0.4 is 5.32 Å². The van der Waals surface area contributed by atoms with Gasteiger partial charge in [-0.15, -0.1) is 11.8 Å². The molecule has 3 rings (SSSR count). The SMILES string of the molecule is c1cc2c(cc1SCC1CCCNC1)CCC2. The van der Waals surface area contributed by atoms with Crippen molar-refractivity contribution in [2.24, 2.45) is 5.92 Å². The zero-order valence-corrected chi connectivity index (χ0v) is 11.2. The van der Waals surface area contributed by atoms with E-state index in [0.29, 0.717) is 0 Å². The predicted octanol–water partition coefficient (Wildman–Crippen LogP) is 3.27. The van der Waals surface area contributed by atoms with E-state index < -0.39 is 0 Å². The monoisotopic (exact) mass is 247 g/mol. The zero-order chi connectivity index (χ0) is 11.5. The molecule has 0 bridgehead atoms. The summed E-state index contributed by atoms with van der Waals surface area (Å²) in [4.78, 5) is 1.48. The van der Waals surface area contributed by atoms with Gasteiger partial charge in [0.15, 0.2) is 0 Å². The minimum absolute atomic E-state index is 0.877. The summed E-state index contributed by atoms with van der Waals surface area (Å²) < 4.78 is 0. The van der Waals surface area contributed by atoms with Crippen molar-refractivity contribution in [3.63, 3.8) is 0 Å². The van der Waals surface area contributed by atoms with Crippen LogP contribution in [0.3, 0.4) is 0 Å². The number of nitrogens with one attached hydrogen (secondary N) is 1. The van der Waals surface area contributed by atoms with Crippen molar-refractivity contribution in [1.82, 2.24) is 5.32 Å². The van der Waals surface area contributed by atoms with Crippen molar-refractivity contribution in [2.45, 2.75) is 37.0 Å². The van der Waals surface area contributed by atoms with Gasteiger partial charge in [-0.2, -0.15) is 0 Å². The third kappa shape index (κ3) is 2.86. The summed E-state index contributed by atoms with van der Waals surface area (Å²) in [7, 11) is 0. The third-order valence-corrected chi connectivity index (χ3v) is 5.18. The van der Waals surface area contributed by atoms with Gasteiger partial charge in [0.2, 0.25) is 0 Å². The first-order valence-corrected chi connectivity index (χ1v) is 7.86. The van der Waals surface area contributed by atoms with Crippen molar-refractivity contribution in [3.8, 4) is 0 Å². The van der Waals surface area contributed by atoms with Gasteiger partial charge in [-0.3, -0.25) is 0 Å². The van der Waals surface area contributed by atoms with E-state index in [2.05, 4.69) is 35.3 Å². The molecule has 1 atom stereocenters. The molecule has 0 amide bonds. The standard InChI is InChI=1S/C15H21NS/c1-4-13-6-7-15(9-14(13)5-1)17-11-12-3-2-8-16-10-12/h6-7,9,12,16H,1-5,8,10-11H2. The molecule has 0 radical (unpaired) electrons. The fourth-order valence-electron chi connectivity index (χ4n) is 2.92. The molecular formula is C15H21NS. The zero-order valence-electron chi connectivity index (χ0n) is 10.4. The average molecular weight is 247 g/mol. The van der Waals surface area contributed by atoms with Gasteiger partial charge < -0.3 is 5.32 Å². The first-order chi connectivity index (χ1) is 8.42. The van der Waals surface area contributed by atoms with Crippen LogP contribution in [-0.4, -0.2) is 18.8 Å². The maximum absolute atomic E-state index is 3.50. The van der Waals surface area contributed by atoms with Gasteiger partial charge >= 0.3 is 0 Å². The summed E-state index contributed by atoms with van der Waals surface area (Å²) in [6.07, 6.45) is 6.72. The molecule has 1 heterocycles. The number of fused-ring (bicyclic) bond motifs is 1. The van der Waals surface area contributed by atoms with Crippen molar-refractivity contribution < 1.29 is 0 Å². The Kier molecular flexibility index (Phi) is 3.72. The molecule has 1 aliphatic carbocycles. The fourth-order valence-corrected chi connectivity index (χ4v) is 4.02. The van der Waals surface area contributed by atoms with Crippen LogP contribution in [0.4, 0.5) is 0 Å². The van der Waals surface area contributed by atoms with Crippen LogP contribution in [0.1, 0.15) is 30.4 Å². The minimum atomic E-state index is 0.877. The second kappa shape index (κ2) is 5.45. The Bertz CT molecular complexity index is 383. The molecule has 92 valence electrons. The lowest BCUT2D eigenvalue weighted by Crippen LogP contribution is -2.30. The number of thioether (sulfide) groups is 1. The van der Waals surface area contributed by atoms with E-state index >= 15 is 0 Å². The molecule has 2 aliphatic rings. The summed E-state index contributed by atoms with van der Waals surface area (Å²) in [5.41, 5.74) is 3.20. The Morgan fingerprint density at radius 3 is 3.00 bits per heavy atom. The van der Waals surface area contributed by atoms with E-state index in [1.807, 2.05) is 0 Å². The molecule has 0 saturated carbocycles. The quantitative estimate of drug-likeness (QED) is 0.823. The summed E-state index contributed by atoms with van der Waals surface area (Å²) in [6, 6.07) is 7.11. The van der Waals surface area contributed by atoms with Gasteiger partial charge in [0.25, 0.3) is 0 Å². The first kappa shape index (κ1) is 11.6. The van der Waals surface area contributed by atoms with Crippen LogP contribution in [0.15, 0.2) is 23.1 Å². The first-order valence-electron chi connectivity index (χ1n) is 6.87. The lowest BCUT2D eigenvalue weighted by molar-refractivity contribution is 0.410. The Labute approximate surface area is 108 Å². The molecule has 0 spiro atoms. The van der Waals surface area contributed by atoms with E-state index in [1.54, 1.807) is 11.1 Å². The maximum Gasteiger partial charge on any atom is 0.00749 e. The van der Waals surface area contributed by atoms with E-state index in [-0.39, 0.29) is 0 Å². The van der Waals surface area contributed by atoms with Gasteiger partial charge in [-0.25, -0.2) is 0 Å². The Balaban J connectivity index is 1.57. The Morgan fingerprint density at radius 2 is 2.12 bits per heavy atom. The van der Waals surface area contributed by atoms with Gasteiger partial charge in [0.05, 0.1) is 0 Å². The Morgan fingerprint density at radius 1 is 1.18 bits per heavy atom. The number of hydrogen-bond donors (Lipinski definition) is 1. The second-order valence-electron chi connectivity index (χ2n) is 5.31. The van der Waals surface area contributed by atoms with Crippen molar-refractivity contribution in [2.75, 3.05) is 18.8 Å². The number of hydrogen-bond acceptors (Lipinski definition) is 2. The number of piperidine rings is 1. The molecule has 17 heavy (non-hydrogen) atoms. The highest BCUT2D eigenvalue weighted by Gasteiger charge is 2.14. The highest BCUT2D eigenvalue weighted by atomic mass is 32.2. The minimum Gasteiger partial charge on any atom is -0.316 e. The lowest BCUT2D eigenvalue weighted by atomic mass is 10.0. The highest BCUT2D eigenvalue weighted by Crippen LogP contribution is 2.29. The van der Waals surface area contributed by atoms with E-state index in [0.717, 1.165) is 5.92 Å². The largest absolute Gasteiger partial charge is 0.316 e. The van der Waals surface area contributed by atoms with Gasteiger partial charge in [0.1, 0.15) is 0 Å². The maximum atomic E-state index is 3.50. The fraction of sp³-hybridized carbons (Fsp3) is 0.600. The molecule has 1 aliphatic heterocycles. The van der Waals surface area contributed by atoms with E-state index in [9.17, 15) is 0 Å². The summed E-state index contributed by atoms with van der Waals surface area (Å²) >= 11 is 2.05. The molecular weight excluding hydrogens is 226 g/mol. The molecule has 1 fully saturated rings. The molecule has 1 N–H and O–H groups in total. The van der Waals surface area contributed by atoms with Gasteiger partial charge in [-0.1, -0.05) is 6.07 Å². The summed E-state index contributed by atoms with van der Waals surface area (Å²) in [5.74, 6) is 2.16. The summed E-state index contributed by atoms with van der Waals surface area (Å²) in [5, 5.41) is 3.50. The number of benzene rings is 1. The molecule has 1 nitrogen and oxygen atoms in total. The highest BCUT2D eigenvalue weighted by molar-refractivity contribution is 7.99. The molecule has 1 aromatic carbocycles. The van der Waals surface area contributed by atoms with E-state index in [1.165, 1.54) is 55.8 Å². The van der Waals surface area contributed by atoms with Crippen LogP contribution in [0.2, 0.25) is 0 Å². The van der Waals surface area contributed by atoms with Gasteiger partial charge in [-0.05, 0) is 74.4 Å². The molecule has 0 aromatic heterocycles. The van der Waals surface area contributed by atoms with Crippen molar-refractivity contribution in [1.29, 1.82) is 0 Å². The molecule has 1 aromatic rings. The van der Waals surface area contributed by atoms with Crippen LogP contribution >= 0.6 is 11.8 Å². The average Bonchev–Trinajstić information content (AvgIpc) is 2.85. The molecule has 2 heteroatoms. The van der Waals surface area contributed by atoms with Crippen molar-refractivity contribution in [3.05, 3.63) is 29.3 Å². The predicted molar refractivity (Wildman–Crippen MR) is 74.8 cm³/mol. The smallest absolute Gasteiger partial charge is 0.00749 e. The van der Waals surface area contributed by atoms with Gasteiger partial charge in [0, 0.05) is 10.6 Å².